The van der Waals surface area contributed by atoms with Crippen LogP contribution in [0.15, 0.2) is 35.7 Å². The lowest BCUT2D eigenvalue weighted by Crippen LogP contribution is -2.52. The van der Waals surface area contributed by atoms with Crippen LogP contribution in [-0.2, 0) is 9.59 Å². The molecule has 3 fully saturated rings. The van der Waals surface area contributed by atoms with E-state index in [0.29, 0.717) is 4.88 Å². The fraction of sp³-hybridized carbons (Fsp3) is 0.364. The second kappa shape index (κ2) is 8.75. The number of halogens is 4. The highest BCUT2D eigenvalue weighted by molar-refractivity contribution is 9.12. The van der Waals surface area contributed by atoms with Crippen molar-refractivity contribution in [1.29, 1.82) is 0 Å². The van der Waals surface area contributed by atoms with Crippen LogP contribution in [0.5, 0.6) is 0 Å². The van der Waals surface area contributed by atoms with Gasteiger partial charge in [0.1, 0.15) is 6.54 Å². The molecule has 3 amide bonds. The number of ketones is 1. The molecule has 0 spiro atoms. The molecule has 2 saturated carbocycles. The Morgan fingerprint density at radius 3 is 2.21 bits per heavy atom. The Hall–Kier alpha value is -1.26. The predicted octanol–water partition coefficient (Wildman–Crippen LogP) is 5.07. The summed E-state index contributed by atoms with van der Waals surface area (Å²) >= 11 is 20.6. The molecule has 6 atom stereocenters. The largest absolute Gasteiger partial charge is 0.291 e. The Labute approximate surface area is 220 Å². The topological polar surface area (TPSA) is 74.8 Å². The SMILES string of the molecule is O=C(CN(C(=O)c1ccc(Cl)c(Cl)c1)N1C(=O)[C@@H]2[C@H]3C[C@@H]([C@@H](Br)[C@H]3Br)[C@H]2C1=O)c1cccs1. The van der Waals surface area contributed by atoms with Crippen LogP contribution in [0.4, 0.5) is 0 Å². The minimum Gasteiger partial charge on any atom is -0.291 e. The third kappa shape index (κ3) is 3.71. The summed E-state index contributed by atoms with van der Waals surface area (Å²) in [5, 5.41) is 4.04. The average molecular weight is 635 g/mol. The Bertz CT molecular complexity index is 1150. The van der Waals surface area contributed by atoms with Gasteiger partial charge >= 0.3 is 0 Å². The van der Waals surface area contributed by atoms with Gasteiger partial charge in [0, 0.05) is 15.2 Å². The van der Waals surface area contributed by atoms with Gasteiger partial charge in [0.2, 0.25) is 0 Å². The van der Waals surface area contributed by atoms with Gasteiger partial charge in [0.05, 0.1) is 26.8 Å². The smallest absolute Gasteiger partial charge is 0.273 e. The van der Waals surface area contributed by atoms with Crippen molar-refractivity contribution in [2.75, 3.05) is 6.54 Å². The van der Waals surface area contributed by atoms with Gasteiger partial charge in [0.25, 0.3) is 17.7 Å². The molecule has 172 valence electrons. The molecule has 33 heavy (non-hydrogen) atoms. The lowest BCUT2D eigenvalue weighted by Gasteiger charge is -2.30. The number of hydrogen-bond acceptors (Lipinski definition) is 5. The molecule has 2 bridgehead atoms. The number of imide groups is 1. The fourth-order valence-electron chi connectivity index (χ4n) is 5.23. The number of carbonyl (C=O) groups is 4. The lowest BCUT2D eigenvalue weighted by molar-refractivity contribution is -0.154. The Morgan fingerprint density at radius 2 is 1.67 bits per heavy atom. The van der Waals surface area contributed by atoms with E-state index in [0.717, 1.165) is 16.4 Å². The zero-order chi connectivity index (χ0) is 23.6. The van der Waals surface area contributed by atoms with Crippen molar-refractivity contribution in [3.05, 3.63) is 56.2 Å². The Kier molecular flexibility index (Phi) is 6.23. The maximum Gasteiger partial charge on any atom is 0.273 e. The van der Waals surface area contributed by atoms with E-state index in [9.17, 15) is 19.2 Å². The molecule has 0 N–H and O–H groups in total. The molecule has 5 rings (SSSR count). The van der Waals surface area contributed by atoms with Gasteiger partial charge in [0.15, 0.2) is 5.78 Å². The first kappa shape index (κ1) is 23.5. The maximum atomic E-state index is 13.5. The number of thiophene rings is 1. The van der Waals surface area contributed by atoms with Gasteiger partial charge in [-0.05, 0) is 47.9 Å². The van der Waals surface area contributed by atoms with Crippen LogP contribution in [-0.4, -0.2) is 49.7 Å². The fourth-order valence-corrected chi connectivity index (χ4v) is 8.06. The van der Waals surface area contributed by atoms with E-state index in [4.69, 9.17) is 23.2 Å². The molecule has 0 unspecified atom stereocenters. The van der Waals surface area contributed by atoms with Crippen LogP contribution in [0.3, 0.4) is 0 Å². The van der Waals surface area contributed by atoms with Crippen LogP contribution in [0, 0.1) is 23.7 Å². The molecular weight excluding hydrogens is 619 g/mol. The minimum atomic E-state index is -0.668. The highest BCUT2D eigenvalue weighted by Crippen LogP contribution is 2.60. The summed E-state index contributed by atoms with van der Waals surface area (Å²) in [5.74, 6) is -2.96. The number of Topliss-reactive ketones (excluding diaryl/α,β-unsaturated/α-hetero) is 1. The van der Waals surface area contributed by atoms with Crippen LogP contribution in [0.25, 0.3) is 0 Å². The number of amides is 3. The molecule has 1 aromatic heterocycles. The number of nitrogens with zero attached hydrogens (tertiary/aromatic N) is 2. The van der Waals surface area contributed by atoms with E-state index in [1.165, 1.54) is 29.5 Å². The van der Waals surface area contributed by atoms with Crippen molar-refractivity contribution < 1.29 is 19.2 Å². The summed E-state index contributed by atoms with van der Waals surface area (Å²) in [7, 11) is 0. The molecule has 3 aliphatic rings. The number of hydrazine groups is 1. The molecule has 1 saturated heterocycles. The van der Waals surface area contributed by atoms with Gasteiger partial charge in [-0.3, -0.25) is 19.2 Å². The van der Waals surface area contributed by atoms with Crippen molar-refractivity contribution in [2.24, 2.45) is 23.7 Å². The van der Waals surface area contributed by atoms with Gasteiger partial charge in [-0.1, -0.05) is 61.1 Å². The van der Waals surface area contributed by atoms with Gasteiger partial charge in [-0.15, -0.1) is 11.3 Å². The summed E-state index contributed by atoms with van der Waals surface area (Å²) in [6, 6.07) is 7.65. The number of alkyl halides is 2. The molecule has 1 aliphatic heterocycles. The van der Waals surface area contributed by atoms with Crippen molar-refractivity contribution >= 4 is 89.9 Å². The van der Waals surface area contributed by atoms with Crippen LogP contribution in [0.1, 0.15) is 26.5 Å². The molecule has 6 nitrogen and oxygen atoms in total. The average Bonchev–Trinajstić information content (AvgIpc) is 3.55. The summed E-state index contributed by atoms with van der Waals surface area (Å²) < 4.78 is 0. The van der Waals surface area contributed by atoms with Crippen molar-refractivity contribution in [2.45, 2.75) is 16.1 Å². The first-order valence-corrected chi connectivity index (χ1v) is 13.7. The highest BCUT2D eigenvalue weighted by atomic mass is 79.9. The number of carbonyl (C=O) groups excluding carboxylic acids is 4. The number of benzene rings is 1. The third-order valence-corrected chi connectivity index (χ3v) is 11.6. The molecule has 2 aromatic rings. The second-order valence-corrected chi connectivity index (χ2v) is 12.3. The van der Waals surface area contributed by atoms with Crippen molar-refractivity contribution in [3.8, 4) is 0 Å². The van der Waals surface area contributed by atoms with Gasteiger partial charge in [-0.2, -0.15) is 5.01 Å². The van der Waals surface area contributed by atoms with E-state index in [2.05, 4.69) is 31.9 Å². The van der Waals surface area contributed by atoms with Crippen LogP contribution >= 0.6 is 66.4 Å². The van der Waals surface area contributed by atoms with Gasteiger partial charge in [-0.25, -0.2) is 5.01 Å². The summed E-state index contributed by atoms with van der Waals surface area (Å²) in [6.07, 6.45) is 0.765. The molecule has 2 heterocycles. The third-order valence-electron chi connectivity index (χ3n) is 6.70. The number of rotatable bonds is 5. The van der Waals surface area contributed by atoms with Crippen LogP contribution < -0.4 is 0 Å². The van der Waals surface area contributed by atoms with Crippen molar-refractivity contribution in [1.82, 2.24) is 10.0 Å². The van der Waals surface area contributed by atoms with Gasteiger partial charge < -0.3 is 0 Å². The lowest BCUT2D eigenvalue weighted by atomic mass is 9.81. The standard InChI is InChI=1S/C22H16Br2Cl2N2O4S/c23-18-10-7-11(19(18)24)17-16(10)21(31)28(22(17)32)27(8-14(29)15-2-1-5-33-15)20(30)9-3-4-12(25)13(26)6-9/h1-6,10-11,16-19H,7-8H2/t10-,11-,16-,17-,18-,19+/m1/s1. The zero-order valence-electron chi connectivity index (χ0n) is 16.8. The predicted molar refractivity (Wildman–Crippen MR) is 132 cm³/mol. The maximum absolute atomic E-state index is 13.5. The normalized spacial score (nSPS) is 30.1. The minimum absolute atomic E-state index is 0.0132. The summed E-state index contributed by atoms with van der Waals surface area (Å²) in [4.78, 5) is 54.1. The molecule has 11 heteroatoms. The second-order valence-electron chi connectivity index (χ2n) is 8.38. The molecular formula is C22H16Br2Cl2N2O4S. The van der Waals surface area contributed by atoms with E-state index < -0.39 is 36.1 Å². The molecule has 0 radical (unpaired) electrons. The van der Waals surface area contributed by atoms with E-state index >= 15 is 0 Å². The Morgan fingerprint density at radius 1 is 1.03 bits per heavy atom. The number of hydrogen-bond donors (Lipinski definition) is 0. The van der Waals surface area contributed by atoms with Crippen LogP contribution in [0.2, 0.25) is 10.0 Å². The summed E-state index contributed by atoms with van der Waals surface area (Å²) in [5.41, 5.74) is 0.126. The first-order valence-electron chi connectivity index (χ1n) is 10.2. The van der Waals surface area contributed by atoms with E-state index in [-0.39, 0.29) is 42.9 Å². The quantitative estimate of drug-likeness (QED) is 0.262. The van der Waals surface area contributed by atoms with Crippen molar-refractivity contribution in [3.63, 3.8) is 0 Å². The highest BCUT2D eigenvalue weighted by Gasteiger charge is 2.67. The first-order chi connectivity index (χ1) is 15.7. The monoisotopic (exact) mass is 632 g/mol. The van der Waals surface area contributed by atoms with E-state index in [1.54, 1.807) is 17.5 Å². The van der Waals surface area contributed by atoms with E-state index in [1.807, 2.05) is 0 Å². The molecule has 1 aromatic carbocycles. The Balaban J connectivity index is 1.52. The molecule has 2 aliphatic carbocycles. The zero-order valence-corrected chi connectivity index (χ0v) is 22.3. The summed E-state index contributed by atoms with van der Waals surface area (Å²) in [6.45, 7) is -0.443. The number of fused-ring (bicyclic) bond motifs is 5.